The van der Waals surface area contributed by atoms with E-state index in [9.17, 15) is 15.2 Å². The fourth-order valence-corrected chi connectivity index (χ4v) is 5.23. The number of hydrogen-bond donors (Lipinski definition) is 1. The van der Waals surface area contributed by atoms with Crippen LogP contribution in [0.2, 0.25) is 0 Å². The summed E-state index contributed by atoms with van der Waals surface area (Å²) in [5, 5.41) is 26.3. The predicted octanol–water partition coefficient (Wildman–Crippen LogP) is 3.86. The van der Waals surface area contributed by atoms with Crippen molar-refractivity contribution in [3.8, 4) is 5.88 Å². The number of fused-ring (bicyclic) bond motifs is 2. The summed E-state index contributed by atoms with van der Waals surface area (Å²) in [5.41, 5.74) is 3.52. The molecule has 0 spiro atoms. The van der Waals surface area contributed by atoms with Crippen molar-refractivity contribution in [2.75, 3.05) is 6.54 Å². The van der Waals surface area contributed by atoms with Crippen LogP contribution in [0.4, 0.5) is 5.69 Å². The fourth-order valence-electron chi connectivity index (χ4n) is 4.07. The van der Waals surface area contributed by atoms with Gasteiger partial charge in [0.2, 0.25) is 10.8 Å². The zero-order valence-corrected chi connectivity index (χ0v) is 17.0. The second-order valence-electron chi connectivity index (χ2n) is 7.38. The molecule has 0 aliphatic carbocycles. The van der Waals surface area contributed by atoms with Crippen LogP contribution in [-0.4, -0.2) is 36.1 Å². The Bertz CT molecular complexity index is 1250. The summed E-state index contributed by atoms with van der Waals surface area (Å²) in [7, 11) is 0. The number of non-ortho nitro benzene ring substituents is 1. The van der Waals surface area contributed by atoms with E-state index in [-0.39, 0.29) is 17.6 Å². The van der Waals surface area contributed by atoms with Crippen LogP contribution < -0.4 is 0 Å². The number of nitro groups is 1. The Morgan fingerprint density at radius 2 is 1.90 bits per heavy atom. The van der Waals surface area contributed by atoms with Gasteiger partial charge in [0.25, 0.3) is 5.69 Å². The molecule has 30 heavy (non-hydrogen) atoms. The molecule has 152 valence electrons. The van der Waals surface area contributed by atoms with Crippen LogP contribution in [-0.2, 0) is 13.0 Å². The first-order valence-corrected chi connectivity index (χ1v) is 10.4. The SMILES string of the molecule is Cc1nc2sc([C@H](c3ccc([N+](=O)[O-])cc3)N3CCc4ccccc4C3)c(O)n2n1. The summed E-state index contributed by atoms with van der Waals surface area (Å²) in [6.07, 6.45) is 0.903. The number of benzene rings is 2. The molecule has 0 fully saturated rings. The van der Waals surface area contributed by atoms with Crippen molar-refractivity contribution in [3.05, 3.63) is 86.0 Å². The molecule has 1 aliphatic rings. The number of aromatic nitrogens is 3. The van der Waals surface area contributed by atoms with Crippen molar-refractivity contribution in [2.24, 2.45) is 0 Å². The minimum absolute atomic E-state index is 0.0454. The molecule has 1 N–H and O–H groups in total. The lowest BCUT2D eigenvalue weighted by Crippen LogP contribution is -2.34. The molecule has 0 bridgehead atoms. The number of nitro benzene ring substituents is 1. The molecule has 2 aromatic carbocycles. The second-order valence-corrected chi connectivity index (χ2v) is 8.39. The summed E-state index contributed by atoms with van der Waals surface area (Å²) in [4.78, 5) is 18.7. The first-order valence-electron chi connectivity index (χ1n) is 9.61. The topological polar surface area (TPSA) is 96.8 Å². The van der Waals surface area contributed by atoms with Crippen LogP contribution in [0.3, 0.4) is 0 Å². The van der Waals surface area contributed by atoms with Gasteiger partial charge < -0.3 is 5.11 Å². The highest BCUT2D eigenvalue weighted by molar-refractivity contribution is 7.17. The van der Waals surface area contributed by atoms with E-state index in [2.05, 4.69) is 33.2 Å². The second kappa shape index (κ2) is 7.19. The van der Waals surface area contributed by atoms with Crippen molar-refractivity contribution in [1.29, 1.82) is 0 Å². The first-order chi connectivity index (χ1) is 14.5. The molecular formula is C21H19N5O3S. The van der Waals surface area contributed by atoms with Crippen LogP contribution in [0.25, 0.3) is 4.96 Å². The molecule has 0 unspecified atom stereocenters. The molecule has 9 heteroatoms. The molecule has 1 aliphatic heterocycles. The lowest BCUT2D eigenvalue weighted by atomic mass is 9.95. The van der Waals surface area contributed by atoms with Gasteiger partial charge in [0.15, 0.2) is 0 Å². The van der Waals surface area contributed by atoms with Gasteiger partial charge >= 0.3 is 0 Å². The smallest absolute Gasteiger partial charge is 0.269 e. The van der Waals surface area contributed by atoms with Gasteiger partial charge in [-0.2, -0.15) is 4.52 Å². The Morgan fingerprint density at radius 3 is 2.60 bits per heavy atom. The average molecular weight is 421 g/mol. The summed E-state index contributed by atoms with van der Waals surface area (Å²) in [5.74, 6) is 0.666. The molecule has 8 nitrogen and oxygen atoms in total. The number of aromatic hydroxyl groups is 1. The van der Waals surface area contributed by atoms with Gasteiger partial charge in [0.1, 0.15) is 5.82 Å². The molecule has 0 radical (unpaired) electrons. The Morgan fingerprint density at radius 1 is 1.17 bits per heavy atom. The predicted molar refractivity (Wildman–Crippen MR) is 113 cm³/mol. The molecule has 3 heterocycles. The monoisotopic (exact) mass is 421 g/mol. The molecular weight excluding hydrogens is 402 g/mol. The molecule has 5 rings (SSSR count). The molecule has 1 atom stereocenters. The van der Waals surface area contributed by atoms with Gasteiger partial charge in [-0.3, -0.25) is 15.0 Å². The minimum Gasteiger partial charge on any atom is -0.492 e. The molecule has 2 aromatic heterocycles. The van der Waals surface area contributed by atoms with Crippen LogP contribution in [0.15, 0.2) is 48.5 Å². The van der Waals surface area contributed by atoms with Crippen molar-refractivity contribution in [2.45, 2.75) is 25.9 Å². The van der Waals surface area contributed by atoms with Crippen molar-refractivity contribution >= 4 is 22.0 Å². The van der Waals surface area contributed by atoms with Crippen LogP contribution in [0.5, 0.6) is 5.88 Å². The highest BCUT2D eigenvalue weighted by Crippen LogP contribution is 2.41. The van der Waals surface area contributed by atoms with Gasteiger partial charge in [-0.1, -0.05) is 47.7 Å². The third-order valence-electron chi connectivity index (χ3n) is 5.50. The maximum absolute atomic E-state index is 11.1. The maximum atomic E-state index is 11.1. The largest absolute Gasteiger partial charge is 0.492 e. The van der Waals surface area contributed by atoms with E-state index in [1.807, 2.05) is 6.07 Å². The van der Waals surface area contributed by atoms with Crippen molar-refractivity contribution in [3.63, 3.8) is 0 Å². The van der Waals surface area contributed by atoms with E-state index in [4.69, 9.17) is 0 Å². The van der Waals surface area contributed by atoms with Gasteiger partial charge in [-0.15, -0.1) is 5.10 Å². The summed E-state index contributed by atoms with van der Waals surface area (Å²) in [6.45, 7) is 3.32. The van der Waals surface area contributed by atoms with E-state index in [1.54, 1.807) is 19.1 Å². The molecule has 0 amide bonds. The summed E-state index contributed by atoms with van der Waals surface area (Å²) >= 11 is 1.40. The standard InChI is InChI=1S/C21H19N5O3S/c1-13-22-21-25(23-13)20(27)19(30-21)18(15-6-8-17(9-7-15)26(28)29)24-11-10-14-4-2-3-5-16(14)12-24/h2-9,18,27H,10-12H2,1H3/t18-/m0/s1. The molecule has 0 saturated heterocycles. The van der Waals surface area contributed by atoms with Crippen molar-refractivity contribution in [1.82, 2.24) is 19.5 Å². The minimum atomic E-state index is -0.403. The molecule has 0 saturated carbocycles. The number of hydrogen-bond acceptors (Lipinski definition) is 7. The van der Waals surface area contributed by atoms with Crippen LogP contribution in [0, 0.1) is 17.0 Å². The Balaban J connectivity index is 1.61. The van der Waals surface area contributed by atoms with E-state index in [0.717, 1.165) is 30.0 Å². The third kappa shape index (κ3) is 3.12. The van der Waals surface area contributed by atoms with Gasteiger partial charge in [0.05, 0.1) is 15.8 Å². The van der Waals surface area contributed by atoms with Gasteiger partial charge in [0, 0.05) is 25.2 Å². The zero-order chi connectivity index (χ0) is 20.8. The van der Waals surface area contributed by atoms with E-state index >= 15 is 0 Å². The van der Waals surface area contributed by atoms with Crippen LogP contribution >= 0.6 is 11.3 Å². The zero-order valence-electron chi connectivity index (χ0n) is 16.2. The van der Waals surface area contributed by atoms with Gasteiger partial charge in [-0.05, 0) is 30.0 Å². The lowest BCUT2D eigenvalue weighted by molar-refractivity contribution is -0.384. The third-order valence-corrected chi connectivity index (χ3v) is 6.57. The lowest BCUT2D eigenvalue weighted by Gasteiger charge is -2.35. The first kappa shape index (κ1) is 18.7. The summed E-state index contributed by atoms with van der Waals surface area (Å²) in [6, 6.07) is 14.7. The Hall–Kier alpha value is -3.30. The molecule has 4 aromatic rings. The van der Waals surface area contributed by atoms with E-state index < -0.39 is 4.92 Å². The number of nitrogens with zero attached hydrogens (tertiary/aromatic N) is 5. The average Bonchev–Trinajstić information content (AvgIpc) is 3.26. The summed E-state index contributed by atoms with van der Waals surface area (Å²) < 4.78 is 1.46. The van der Waals surface area contributed by atoms with Crippen LogP contribution in [0.1, 0.15) is 33.4 Å². The van der Waals surface area contributed by atoms with Gasteiger partial charge in [-0.25, -0.2) is 4.98 Å². The van der Waals surface area contributed by atoms with E-state index in [1.165, 1.54) is 39.1 Å². The Labute approximate surface area is 176 Å². The normalized spacial score (nSPS) is 15.2. The Kier molecular flexibility index (Phi) is 4.48. The number of thiazole rings is 1. The number of aryl methyl sites for hydroxylation is 1. The highest BCUT2D eigenvalue weighted by Gasteiger charge is 2.31. The number of rotatable bonds is 4. The quantitative estimate of drug-likeness (QED) is 0.397. The highest BCUT2D eigenvalue weighted by atomic mass is 32.1. The van der Waals surface area contributed by atoms with E-state index in [0.29, 0.717) is 10.8 Å². The fraction of sp³-hybridized carbons (Fsp3) is 0.238. The van der Waals surface area contributed by atoms with Crippen molar-refractivity contribution < 1.29 is 10.0 Å². The maximum Gasteiger partial charge on any atom is 0.269 e.